The Bertz CT molecular complexity index is 580. The van der Waals surface area contributed by atoms with Crippen LogP contribution in [-0.2, 0) is 0 Å². The number of hydrogen-bond acceptors (Lipinski definition) is 2. The largest absolute Gasteiger partial charge is 0.496 e. The highest BCUT2D eigenvalue weighted by atomic mass is 19.1. The SMILES string of the molecule is CCCNC(c1ccc(C)cc1)c1c(F)cccc1OC. The summed E-state index contributed by atoms with van der Waals surface area (Å²) in [5.74, 6) is 0.327. The average molecular weight is 287 g/mol. The third kappa shape index (κ3) is 3.61. The molecule has 3 heteroatoms. The van der Waals surface area contributed by atoms with Crippen molar-refractivity contribution in [1.29, 1.82) is 0 Å². The van der Waals surface area contributed by atoms with Crippen LogP contribution in [0.15, 0.2) is 42.5 Å². The molecule has 0 bridgehead atoms. The van der Waals surface area contributed by atoms with Crippen LogP contribution in [0.2, 0.25) is 0 Å². The van der Waals surface area contributed by atoms with Crippen LogP contribution in [0.3, 0.4) is 0 Å². The number of ether oxygens (including phenoxy) is 1. The van der Waals surface area contributed by atoms with Crippen molar-refractivity contribution in [2.75, 3.05) is 13.7 Å². The van der Waals surface area contributed by atoms with Crippen molar-refractivity contribution < 1.29 is 9.13 Å². The van der Waals surface area contributed by atoms with E-state index in [9.17, 15) is 4.39 Å². The first-order chi connectivity index (χ1) is 10.2. The number of hydrogen-bond donors (Lipinski definition) is 1. The summed E-state index contributed by atoms with van der Waals surface area (Å²) in [5, 5.41) is 3.42. The van der Waals surface area contributed by atoms with Crippen molar-refractivity contribution in [3.8, 4) is 5.75 Å². The molecule has 0 heterocycles. The minimum atomic E-state index is -0.247. The lowest BCUT2D eigenvalue weighted by atomic mass is 9.96. The Balaban J connectivity index is 2.47. The molecule has 0 amide bonds. The third-order valence-electron chi connectivity index (χ3n) is 3.53. The fraction of sp³-hybridized carbons (Fsp3) is 0.333. The molecule has 0 aliphatic heterocycles. The zero-order valence-corrected chi connectivity index (χ0v) is 12.8. The first-order valence-electron chi connectivity index (χ1n) is 7.29. The summed E-state index contributed by atoms with van der Waals surface area (Å²) in [4.78, 5) is 0. The maximum absolute atomic E-state index is 14.4. The smallest absolute Gasteiger partial charge is 0.132 e. The molecule has 0 saturated carbocycles. The van der Waals surface area contributed by atoms with Gasteiger partial charge in [-0.1, -0.05) is 42.8 Å². The van der Waals surface area contributed by atoms with Gasteiger partial charge in [-0.3, -0.25) is 0 Å². The van der Waals surface area contributed by atoms with Gasteiger partial charge in [0.05, 0.1) is 18.7 Å². The fourth-order valence-electron chi connectivity index (χ4n) is 2.41. The summed E-state index contributed by atoms with van der Waals surface area (Å²) in [6.07, 6.45) is 0.985. The Labute approximate surface area is 126 Å². The zero-order valence-electron chi connectivity index (χ0n) is 12.8. The number of methoxy groups -OCH3 is 1. The fourth-order valence-corrected chi connectivity index (χ4v) is 2.41. The summed E-state index contributed by atoms with van der Waals surface area (Å²) in [6, 6.07) is 12.9. The predicted molar refractivity (Wildman–Crippen MR) is 84.3 cm³/mol. The molecule has 1 atom stereocenters. The molecule has 0 aromatic heterocycles. The van der Waals surface area contributed by atoms with Crippen molar-refractivity contribution in [3.05, 3.63) is 65.0 Å². The molecule has 1 N–H and O–H groups in total. The van der Waals surface area contributed by atoms with E-state index >= 15 is 0 Å². The van der Waals surface area contributed by atoms with E-state index in [2.05, 4.69) is 12.2 Å². The summed E-state index contributed by atoms with van der Waals surface area (Å²) >= 11 is 0. The Kier molecular flexibility index (Phi) is 5.34. The predicted octanol–water partition coefficient (Wildman–Crippen LogP) is 4.23. The van der Waals surface area contributed by atoms with Gasteiger partial charge in [-0.25, -0.2) is 4.39 Å². The van der Waals surface area contributed by atoms with Crippen LogP contribution in [0.4, 0.5) is 4.39 Å². The maximum atomic E-state index is 14.4. The molecule has 21 heavy (non-hydrogen) atoms. The highest BCUT2D eigenvalue weighted by Gasteiger charge is 2.21. The van der Waals surface area contributed by atoms with Gasteiger partial charge < -0.3 is 10.1 Å². The normalized spacial score (nSPS) is 12.2. The third-order valence-corrected chi connectivity index (χ3v) is 3.53. The summed E-state index contributed by atoms with van der Waals surface area (Å²) in [7, 11) is 1.57. The molecule has 2 rings (SSSR count). The van der Waals surface area contributed by atoms with Crippen LogP contribution >= 0.6 is 0 Å². The second kappa shape index (κ2) is 7.23. The second-order valence-corrected chi connectivity index (χ2v) is 5.15. The van der Waals surface area contributed by atoms with E-state index in [4.69, 9.17) is 4.74 Å². The number of rotatable bonds is 6. The molecule has 0 saturated heterocycles. The second-order valence-electron chi connectivity index (χ2n) is 5.15. The van der Waals surface area contributed by atoms with Gasteiger partial charge in [0.1, 0.15) is 11.6 Å². The molecule has 112 valence electrons. The van der Waals surface area contributed by atoms with Crippen LogP contribution in [0.25, 0.3) is 0 Å². The lowest BCUT2D eigenvalue weighted by Crippen LogP contribution is -2.24. The summed E-state index contributed by atoms with van der Waals surface area (Å²) < 4.78 is 19.7. The first-order valence-corrected chi connectivity index (χ1v) is 7.29. The van der Waals surface area contributed by atoms with Gasteiger partial charge in [0, 0.05) is 0 Å². The van der Waals surface area contributed by atoms with E-state index < -0.39 is 0 Å². The van der Waals surface area contributed by atoms with Crippen molar-refractivity contribution in [2.45, 2.75) is 26.3 Å². The molecule has 2 nitrogen and oxygen atoms in total. The van der Waals surface area contributed by atoms with Crippen molar-refractivity contribution in [1.82, 2.24) is 5.32 Å². The van der Waals surface area contributed by atoms with Crippen molar-refractivity contribution in [2.24, 2.45) is 0 Å². The van der Waals surface area contributed by atoms with Crippen LogP contribution in [0, 0.1) is 12.7 Å². The average Bonchev–Trinajstić information content (AvgIpc) is 2.50. The van der Waals surface area contributed by atoms with Gasteiger partial charge in [0.25, 0.3) is 0 Å². The number of aryl methyl sites for hydroxylation is 1. The number of benzene rings is 2. The van der Waals surface area contributed by atoms with E-state index in [1.807, 2.05) is 31.2 Å². The van der Waals surface area contributed by atoms with E-state index in [0.29, 0.717) is 11.3 Å². The van der Waals surface area contributed by atoms with Gasteiger partial charge in [-0.2, -0.15) is 0 Å². The summed E-state index contributed by atoms with van der Waals surface area (Å²) in [5.41, 5.74) is 2.79. The molecule has 1 unspecified atom stereocenters. The van der Waals surface area contributed by atoms with E-state index in [0.717, 1.165) is 18.5 Å². The van der Waals surface area contributed by atoms with Gasteiger partial charge in [-0.15, -0.1) is 0 Å². The molecule has 0 radical (unpaired) electrons. The standard InChI is InChI=1S/C18H22FNO/c1-4-12-20-18(14-10-8-13(2)9-11-14)17-15(19)6-5-7-16(17)21-3/h5-11,18,20H,4,12H2,1-3H3. The molecule has 0 aliphatic carbocycles. The quantitative estimate of drug-likeness (QED) is 0.858. The monoisotopic (exact) mass is 287 g/mol. The van der Waals surface area contributed by atoms with Gasteiger partial charge in [0.15, 0.2) is 0 Å². The Morgan fingerprint density at radius 1 is 1.14 bits per heavy atom. The van der Waals surface area contributed by atoms with Gasteiger partial charge >= 0.3 is 0 Å². The molecular formula is C18H22FNO. The number of nitrogens with one attached hydrogen (secondary N) is 1. The molecule has 2 aromatic rings. The lowest BCUT2D eigenvalue weighted by molar-refractivity contribution is 0.396. The van der Waals surface area contributed by atoms with Crippen molar-refractivity contribution in [3.63, 3.8) is 0 Å². The molecule has 0 aliphatic rings. The van der Waals surface area contributed by atoms with E-state index in [1.165, 1.54) is 11.6 Å². The van der Waals surface area contributed by atoms with E-state index in [1.54, 1.807) is 19.2 Å². The van der Waals surface area contributed by atoms with Crippen LogP contribution in [0.1, 0.15) is 36.1 Å². The van der Waals surface area contributed by atoms with E-state index in [-0.39, 0.29) is 11.9 Å². The highest BCUT2D eigenvalue weighted by molar-refractivity contribution is 5.43. The topological polar surface area (TPSA) is 21.3 Å². The Morgan fingerprint density at radius 2 is 1.86 bits per heavy atom. The Morgan fingerprint density at radius 3 is 2.48 bits per heavy atom. The maximum Gasteiger partial charge on any atom is 0.132 e. The van der Waals surface area contributed by atoms with Crippen LogP contribution in [-0.4, -0.2) is 13.7 Å². The molecule has 2 aromatic carbocycles. The number of halogens is 1. The van der Waals surface area contributed by atoms with Crippen LogP contribution < -0.4 is 10.1 Å². The highest BCUT2D eigenvalue weighted by Crippen LogP contribution is 2.32. The summed E-state index contributed by atoms with van der Waals surface area (Å²) in [6.45, 7) is 4.95. The minimum absolute atomic E-state index is 0.207. The zero-order chi connectivity index (χ0) is 15.2. The van der Waals surface area contributed by atoms with Crippen LogP contribution in [0.5, 0.6) is 5.75 Å². The van der Waals surface area contributed by atoms with Crippen molar-refractivity contribution >= 4 is 0 Å². The first kappa shape index (κ1) is 15.5. The molecular weight excluding hydrogens is 265 g/mol. The van der Waals surface area contributed by atoms with Gasteiger partial charge in [0.2, 0.25) is 0 Å². The Hall–Kier alpha value is -1.87. The lowest BCUT2D eigenvalue weighted by Gasteiger charge is -2.22. The molecule has 0 fully saturated rings. The minimum Gasteiger partial charge on any atom is -0.496 e. The van der Waals surface area contributed by atoms with Gasteiger partial charge in [-0.05, 0) is 37.6 Å². The molecule has 0 spiro atoms.